The van der Waals surface area contributed by atoms with E-state index in [1.807, 2.05) is 0 Å². The minimum atomic E-state index is -0.360. The van der Waals surface area contributed by atoms with E-state index in [0.29, 0.717) is 10.3 Å². The minimum Gasteiger partial charge on any atom is -0.291 e. The van der Waals surface area contributed by atoms with E-state index < -0.39 is 0 Å². The molecule has 1 aromatic rings. The Hall–Kier alpha value is -0.750. The fraction of sp³-hybridized carbons (Fsp3) is 0.769. The molecule has 0 atom stereocenters. The summed E-state index contributed by atoms with van der Waals surface area (Å²) < 4.78 is 2.13. The number of nitrogens with zero attached hydrogens (tertiary/aromatic N) is 4. The van der Waals surface area contributed by atoms with Gasteiger partial charge < -0.3 is 0 Å². The Balaban J connectivity index is 2.42. The van der Waals surface area contributed by atoms with E-state index in [4.69, 9.17) is 0 Å². The van der Waals surface area contributed by atoms with Gasteiger partial charge in [0.1, 0.15) is 5.69 Å². The Labute approximate surface area is 122 Å². The van der Waals surface area contributed by atoms with Crippen LogP contribution in [-0.4, -0.2) is 44.3 Å². The number of Topliss-reactive ketones (excluding diaryl/α,β-unsaturated/α-hetero) is 1. The first-order valence-electron chi connectivity index (χ1n) is 6.91. The topological polar surface area (TPSA) is 51.0 Å². The van der Waals surface area contributed by atoms with Crippen molar-refractivity contribution in [2.75, 3.05) is 13.1 Å². The van der Waals surface area contributed by atoms with Crippen LogP contribution in [0.15, 0.2) is 4.60 Å². The molecule has 0 aliphatic heterocycles. The summed E-state index contributed by atoms with van der Waals surface area (Å²) in [5, 5.41) is 7.87. The normalized spacial score (nSPS) is 18.2. The molecule has 2 rings (SSSR count). The first-order chi connectivity index (χ1) is 9.06. The van der Waals surface area contributed by atoms with Gasteiger partial charge in [0.15, 0.2) is 4.60 Å². The fourth-order valence-corrected chi connectivity index (χ4v) is 3.78. The molecule has 5 nitrogen and oxygen atoms in total. The second-order valence-electron chi connectivity index (χ2n) is 5.09. The van der Waals surface area contributed by atoms with Crippen molar-refractivity contribution in [2.45, 2.75) is 45.1 Å². The minimum absolute atomic E-state index is 0.160. The summed E-state index contributed by atoms with van der Waals surface area (Å²) in [4.78, 5) is 15.4. The van der Waals surface area contributed by atoms with Crippen LogP contribution >= 0.6 is 15.9 Å². The summed E-state index contributed by atoms with van der Waals surface area (Å²) in [6.45, 7) is 6.02. The Morgan fingerprint density at radius 3 is 2.37 bits per heavy atom. The number of likely N-dealkylation sites (N-methyl/N-ethyl adjacent to an activating group) is 1. The molecule has 1 aliphatic carbocycles. The molecule has 0 radical (unpaired) electrons. The molecule has 1 aliphatic rings. The van der Waals surface area contributed by atoms with Gasteiger partial charge in [-0.25, -0.2) is 4.68 Å². The standard InChI is InChI=1S/C13H21BrN4O/c1-4-18(5-2)13(8-6-7-9-13)11(19)10-12(14)15-16-17(10)3/h4-9H2,1-3H3. The summed E-state index contributed by atoms with van der Waals surface area (Å²) in [5.41, 5.74) is 0.232. The molecule has 0 unspecified atom stereocenters. The summed E-state index contributed by atoms with van der Waals surface area (Å²) >= 11 is 3.35. The molecule has 0 N–H and O–H groups in total. The molecule has 1 heterocycles. The molecule has 19 heavy (non-hydrogen) atoms. The van der Waals surface area contributed by atoms with E-state index in [9.17, 15) is 4.79 Å². The largest absolute Gasteiger partial charge is 0.291 e. The highest BCUT2D eigenvalue weighted by molar-refractivity contribution is 9.10. The van der Waals surface area contributed by atoms with Crippen LogP contribution in [0.5, 0.6) is 0 Å². The van der Waals surface area contributed by atoms with E-state index >= 15 is 0 Å². The second kappa shape index (κ2) is 5.71. The maximum Gasteiger partial charge on any atom is 0.203 e. The average Bonchev–Trinajstić information content (AvgIpc) is 2.99. The number of rotatable bonds is 5. The van der Waals surface area contributed by atoms with Crippen LogP contribution in [0.25, 0.3) is 0 Å². The Morgan fingerprint density at radius 1 is 1.37 bits per heavy atom. The molecule has 106 valence electrons. The molecule has 0 saturated heterocycles. The quantitative estimate of drug-likeness (QED) is 0.779. The third-order valence-electron chi connectivity index (χ3n) is 4.22. The average molecular weight is 329 g/mol. The maximum absolute atomic E-state index is 13.1. The molecular formula is C13H21BrN4O. The van der Waals surface area contributed by atoms with Crippen molar-refractivity contribution >= 4 is 21.7 Å². The molecule has 0 amide bonds. The van der Waals surface area contributed by atoms with Crippen LogP contribution in [0.3, 0.4) is 0 Å². The van der Waals surface area contributed by atoms with Gasteiger partial charge in [-0.1, -0.05) is 31.9 Å². The van der Waals surface area contributed by atoms with Gasteiger partial charge in [-0.15, -0.1) is 5.10 Å². The Morgan fingerprint density at radius 2 is 1.95 bits per heavy atom. The number of ketones is 1. The summed E-state index contributed by atoms with van der Waals surface area (Å²) in [5.74, 6) is 0.160. The molecule has 0 spiro atoms. The molecule has 1 fully saturated rings. The molecular weight excluding hydrogens is 308 g/mol. The van der Waals surface area contributed by atoms with Crippen LogP contribution in [0.2, 0.25) is 0 Å². The smallest absolute Gasteiger partial charge is 0.203 e. The molecule has 0 aromatic carbocycles. The SMILES string of the molecule is CCN(CC)C1(C(=O)c2c(Br)nnn2C)CCCC1. The zero-order chi connectivity index (χ0) is 14.0. The lowest BCUT2D eigenvalue weighted by Crippen LogP contribution is -2.53. The van der Waals surface area contributed by atoms with Crippen LogP contribution in [-0.2, 0) is 7.05 Å². The van der Waals surface area contributed by atoms with Crippen molar-refractivity contribution in [3.05, 3.63) is 10.3 Å². The van der Waals surface area contributed by atoms with Gasteiger partial charge in [0, 0.05) is 7.05 Å². The van der Waals surface area contributed by atoms with Crippen molar-refractivity contribution < 1.29 is 4.79 Å². The zero-order valence-corrected chi connectivity index (χ0v) is 13.4. The van der Waals surface area contributed by atoms with Gasteiger partial charge in [0.25, 0.3) is 0 Å². The molecule has 1 saturated carbocycles. The van der Waals surface area contributed by atoms with Gasteiger partial charge in [-0.2, -0.15) is 0 Å². The van der Waals surface area contributed by atoms with Crippen molar-refractivity contribution in [2.24, 2.45) is 7.05 Å². The second-order valence-corrected chi connectivity index (χ2v) is 5.84. The molecule has 1 aromatic heterocycles. The van der Waals surface area contributed by atoms with Gasteiger partial charge in [-0.3, -0.25) is 9.69 Å². The van der Waals surface area contributed by atoms with Gasteiger partial charge in [0.05, 0.1) is 5.54 Å². The number of hydrogen-bond acceptors (Lipinski definition) is 4. The maximum atomic E-state index is 13.1. The van der Waals surface area contributed by atoms with Gasteiger partial charge >= 0.3 is 0 Å². The van der Waals surface area contributed by atoms with E-state index in [2.05, 4.69) is 45.0 Å². The van der Waals surface area contributed by atoms with Crippen LogP contribution < -0.4 is 0 Å². The van der Waals surface area contributed by atoms with Gasteiger partial charge in [-0.05, 0) is 41.9 Å². The van der Waals surface area contributed by atoms with Crippen molar-refractivity contribution in [3.8, 4) is 0 Å². The predicted octanol–water partition coefficient (Wildman–Crippen LogP) is 2.41. The van der Waals surface area contributed by atoms with Crippen molar-refractivity contribution in [1.29, 1.82) is 0 Å². The van der Waals surface area contributed by atoms with E-state index in [0.717, 1.165) is 38.8 Å². The lowest BCUT2D eigenvalue weighted by molar-refractivity contribution is 0.0573. The highest BCUT2D eigenvalue weighted by Gasteiger charge is 2.46. The monoisotopic (exact) mass is 328 g/mol. The number of aromatic nitrogens is 3. The molecule has 6 heteroatoms. The highest BCUT2D eigenvalue weighted by atomic mass is 79.9. The number of hydrogen-bond donors (Lipinski definition) is 0. The number of aryl methyl sites for hydroxylation is 1. The lowest BCUT2D eigenvalue weighted by Gasteiger charge is -2.38. The zero-order valence-electron chi connectivity index (χ0n) is 11.8. The van der Waals surface area contributed by atoms with E-state index in [-0.39, 0.29) is 11.3 Å². The van der Waals surface area contributed by atoms with Crippen LogP contribution in [0.4, 0.5) is 0 Å². The third-order valence-corrected chi connectivity index (χ3v) is 4.76. The van der Waals surface area contributed by atoms with Crippen LogP contribution in [0.1, 0.15) is 50.0 Å². The van der Waals surface area contributed by atoms with Crippen molar-refractivity contribution in [3.63, 3.8) is 0 Å². The number of carbonyl (C=O) groups is 1. The Kier molecular flexibility index (Phi) is 4.40. The van der Waals surface area contributed by atoms with E-state index in [1.165, 1.54) is 0 Å². The fourth-order valence-electron chi connectivity index (χ4n) is 3.27. The van der Waals surface area contributed by atoms with Crippen LogP contribution in [0, 0.1) is 0 Å². The highest BCUT2D eigenvalue weighted by Crippen LogP contribution is 2.38. The third kappa shape index (κ3) is 2.36. The lowest BCUT2D eigenvalue weighted by atomic mass is 9.88. The number of carbonyl (C=O) groups excluding carboxylic acids is 1. The van der Waals surface area contributed by atoms with Gasteiger partial charge in [0.2, 0.25) is 5.78 Å². The summed E-state index contributed by atoms with van der Waals surface area (Å²) in [6.07, 6.45) is 4.10. The predicted molar refractivity (Wildman–Crippen MR) is 77.2 cm³/mol. The van der Waals surface area contributed by atoms with Crippen molar-refractivity contribution in [1.82, 2.24) is 19.9 Å². The summed E-state index contributed by atoms with van der Waals surface area (Å²) in [7, 11) is 1.77. The summed E-state index contributed by atoms with van der Waals surface area (Å²) in [6, 6.07) is 0. The first-order valence-corrected chi connectivity index (χ1v) is 7.71. The van der Waals surface area contributed by atoms with E-state index in [1.54, 1.807) is 11.7 Å². The molecule has 0 bridgehead atoms. The number of halogens is 1. The Bertz CT molecular complexity index is 442. The first kappa shape index (κ1) is 14.7.